The molecule has 1 amide bonds. The van der Waals surface area contributed by atoms with Crippen molar-refractivity contribution in [1.29, 1.82) is 0 Å². The van der Waals surface area contributed by atoms with Gasteiger partial charge in [-0.1, -0.05) is 29.8 Å². The molecule has 0 aromatic carbocycles. The van der Waals surface area contributed by atoms with Crippen molar-refractivity contribution < 1.29 is 4.79 Å². The molecule has 1 aliphatic carbocycles. The van der Waals surface area contributed by atoms with Gasteiger partial charge in [0.05, 0.1) is 0 Å². The van der Waals surface area contributed by atoms with Crippen LogP contribution >= 0.6 is 15.9 Å². The van der Waals surface area contributed by atoms with Gasteiger partial charge < -0.3 is 5.32 Å². The molecule has 1 rings (SSSR count). The lowest BCUT2D eigenvalue weighted by Gasteiger charge is -2.15. The molecule has 0 heterocycles. The van der Waals surface area contributed by atoms with Crippen LogP contribution in [0.1, 0.15) is 27.2 Å². The number of nitrogens with one attached hydrogen (secondary N) is 1. The fraction of sp³-hybridized carbons (Fsp3) is 0.889. The van der Waals surface area contributed by atoms with Gasteiger partial charge in [0.1, 0.15) is 0 Å². The Labute approximate surface area is 82.2 Å². The van der Waals surface area contributed by atoms with Gasteiger partial charge >= 0.3 is 0 Å². The van der Waals surface area contributed by atoms with Crippen LogP contribution in [0.4, 0.5) is 0 Å². The molecule has 4 unspecified atom stereocenters. The highest BCUT2D eigenvalue weighted by Crippen LogP contribution is 2.37. The van der Waals surface area contributed by atoms with E-state index in [-0.39, 0.29) is 11.9 Å². The van der Waals surface area contributed by atoms with Gasteiger partial charge in [0.15, 0.2) is 0 Å². The predicted molar refractivity (Wildman–Crippen MR) is 53.3 cm³/mol. The number of carbonyl (C=O) groups excluding carboxylic acids is 1. The van der Waals surface area contributed by atoms with Crippen LogP contribution < -0.4 is 5.32 Å². The van der Waals surface area contributed by atoms with E-state index < -0.39 is 0 Å². The predicted octanol–water partition coefficient (Wildman–Crippen LogP) is 1.93. The van der Waals surface area contributed by atoms with E-state index in [1.165, 1.54) is 0 Å². The zero-order chi connectivity index (χ0) is 9.30. The van der Waals surface area contributed by atoms with Gasteiger partial charge in [0.2, 0.25) is 5.91 Å². The molecule has 2 nitrogen and oxygen atoms in total. The van der Waals surface area contributed by atoms with Gasteiger partial charge in [-0.2, -0.15) is 0 Å². The third-order valence-electron chi connectivity index (χ3n) is 2.51. The molecular formula is C9H16BrNO. The maximum Gasteiger partial charge on any atom is 0.223 e. The van der Waals surface area contributed by atoms with E-state index in [1.54, 1.807) is 0 Å². The summed E-state index contributed by atoms with van der Waals surface area (Å²) in [6, 6.07) is 0.227. The Bertz CT molecular complexity index is 181. The third-order valence-corrected chi connectivity index (χ3v) is 3.30. The molecule has 0 aromatic heterocycles. The minimum Gasteiger partial charge on any atom is -0.352 e. The fourth-order valence-electron chi connectivity index (χ4n) is 1.13. The molecule has 0 aromatic rings. The SMILES string of the molecule is CC(Br)C(C)NC(=O)C1CC1C. The second-order valence-corrected chi connectivity index (χ2v) is 5.24. The van der Waals surface area contributed by atoms with E-state index in [9.17, 15) is 4.79 Å². The maximum absolute atomic E-state index is 11.4. The van der Waals surface area contributed by atoms with Crippen LogP contribution in [0.5, 0.6) is 0 Å². The molecule has 12 heavy (non-hydrogen) atoms. The van der Waals surface area contributed by atoms with Gasteiger partial charge in [-0.15, -0.1) is 0 Å². The summed E-state index contributed by atoms with van der Waals surface area (Å²) in [5.41, 5.74) is 0. The topological polar surface area (TPSA) is 29.1 Å². The summed E-state index contributed by atoms with van der Waals surface area (Å²) in [5.74, 6) is 1.11. The van der Waals surface area contributed by atoms with Gasteiger partial charge in [0, 0.05) is 16.8 Å². The zero-order valence-electron chi connectivity index (χ0n) is 7.80. The first kappa shape index (κ1) is 10.0. The molecule has 1 aliphatic rings. The first-order valence-electron chi connectivity index (χ1n) is 4.46. The summed E-state index contributed by atoms with van der Waals surface area (Å²) >= 11 is 3.44. The lowest BCUT2D eigenvalue weighted by atomic mass is 10.2. The van der Waals surface area contributed by atoms with Crippen LogP contribution in [-0.2, 0) is 4.79 Å². The lowest BCUT2D eigenvalue weighted by Crippen LogP contribution is -2.38. The van der Waals surface area contributed by atoms with Crippen LogP contribution in [0.25, 0.3) is 0 Å². The molecule has 1 saturated carbocycles. The van der Waals surface area contributed by atoms with Gasteiger partial charge in [-0.05, 0) is 19.3 Å². The molecule has 0 bridgehead atoms. The average molecular weight is 234 g/mol. The molecule has 3 heteroatoms. The second-order valence-electron chi connectivity index (χ2n) is 3.79. The molecule has 1 fully saturated rings. The summed E-state index contributed by atoms with van der Waals surface area (Å²) in [4.78, 5) is 11.7. The van der Waals surface area contributed by atoms with Crippen LogP contribution in [0.15, 0.2) is 0 Å². The Balaban J connectivity index is 2.27. The first-order chi connectivity index (χ1) is 5.52. The monoisotopic (exact) mass is 233 g/mol. The number of rotatable bonds is 3. The molecule has 0 spiro atoms. The first-order valence-corrected chi connectivity index (χ1v) is 5.38. The maximum atomic E-state index is 11.4. The molecule has 0 saturated heterocycles. The highest BCUT2D eigenvalue weighted by Gasteiger charge is 2.39. The van der Waals surface area contributed by atoms with Gasteiger partial charge in [-0.25, -0.2) is 0 Å². The Hall–Kier alpha value is -0.0500. The Morgan fingerprint density at radius 2 is 2.08 bits per heavy atom. The molecule has 70 valence electrons. The molecule has 0 aliphatic heterocycles. The number of hydrogen-bond acceptors (Lipinski definition) is 1. The molecule has 0 radical (unpaired) electrons. The van der Waals surface area contributed by atoms with Gasteiger partial charge in [0.25, 0.3) is 0 Å². The largest absolute Gasteiger partial charge is 0.352 e. The van der Waals surface area contributed by atoms with Crippen LogP contribution in [0.2, 0.25) is 0 Å². The van der Waals surface area contributed by atoms with Crippen molar-refractivity contribution in [3.05, 3.63) is 0 Å². The normalized spacial score (nSPS) is 32.3. The highest BCUT2D eigenvalue weighted by atomic mass is 79.9. The van der Waals surface area contributed by atoms with Crippen molar-refractivity contribution >= 4 is 21.8 Å². The summed E-state index contributed by atoms with van der Waals surface area (Å²) in [6.07, 6.45) is 1.06. The van der Waals surface area contributed by atoms with Crippen molar-refractivity contribution in [2.75, 3.05) is 0 Å². The van der Waals surface area contributed by atoms with Crippen molar-refractivity contribution in [3.8, 4) is 0 Å². The van der Waals surface area contributed by atoms with Crippen LogP contribution in [0.3, 0.4) is 0 Å². The van der Waals surface area contributed by atoms with Crippen LogP contribution in [-0.4, -0.2) is 16.8 Å². The van der Waals surface area contributed by atoms with Crippen molar-refractivity contribution in [2.24, 2.45) is 11.8 Å². The Morgan fingerprint density at radius 3 is 2.42 bits per heavy atom. The number of carbonyl (C=O) groups is 1. The fourth-order valence-corrected chi connectivity index (χ4v) is 1.27. The summed E-state index contributed by atoms with van der Waals surface area (Å²) in [5, 5.41) is 2.99. The van der Waals surface area contributed by atoms with Crippen molar-refractivity contribution in [2.45, 2.75) is 38.1 Å². The quantitative estimate of drug-likeness (QED) is 0.743. The Morgan fingerprint density at radius 1 is 1.58 bits per heavy atom. The minimum atomic E-state index is 0.223. The van der Waals surface area contributed by atoms with E-state index >= 15 is 0 Å². The van der Waals surface area contributed by atoms with Crippen LogP contribution in [0, 0.1) is 11.8 Å². The highest BCUT2D eigenvalue weighted by molar-refractivity contribution is 9.09. The number of amides is 1. The summed E-state index contributed by atoms with van der Waals surface area (Å²) in [6.45, 7) is 6.18. The summed E-state index contributed by atoms with van der Waals surface area (Å²) in [7, 11) is 0. The van der Waals surface area contributed by atoms with E-state index in [4.69, 9.17) is 0 Å². The number of halogens is 1. The standard InChI is InChI=1S/C9H16BrNO/c1-5-4-8(5)9(12)11-7(3)6(2)10/h5-8H,4H2,1-3H3,(H,11,12). The average Bonchev–Trinajstić information content (AvgIpc) is 2.66. The third kappa shape index (κ3) is 2.47. The van der Waals surface area contributed by atoms with E-state index in [1.807, 2.05) is 13.8 Å². The summed E-state index contributed by atoms with van der Waals surface area (Å²) < 4.78 is 0. The van der Waals surface area contributed by atoms with Gasteiger partial charge in [-0.3, -0.25) is 4.79 Å². The van der Waals surface area contributed by atoms with E-state index in [0.29, 0.717) is 16.7 Å². The zero-order valence-corrected chi connectivity index (χ0v) is 9.39. The molecule has 4 atom stereocenters. The number of alkyl halides is 1. The van der Waals surface area contributed by atoms with Crippen molar-refractivity contribution in [3.63, 3.8) is 0 Å². The second kappa shape index (κ2) is 3.77. The van der Waals surface area contributed by atoms with Crippen molar-refractivity contribution in [1.82, 2.24) is 5.32 Å². The molecule has 1 N–H and O–H groups in total. The van der Waals surface area contributed by atoms with E-state index in [0.717, 1.165) is 6.42 Å². The Kier molecular flexibility index (Phi) is 3.16. The smallest absolute Gasteiger partial charge is 0.223 e. The number of hydrogen-bond donors (Lipinski definition) is 1. The molecular weight excluding hydrogens is 218 g/mol. The minimum absolute atomic E-state index is 0.223. The van der Waals surface area contributed by atoms with E-state index in [2.05, 4.69) is 28.2 Å². The lowest BCUT2D eigenvalue weighted by molar-refractivity contribution is -0.123.